The first-order valence-corrected chi connectivity index (χ1v) is 11.5. The second-order valence-electron chi connectivity index (χ2n) is 7.65. The monoisotopic (exact) mass is 465 g/mol. The van der Waals surface area contributed by atoms with Crippen LogP contribution in [0.5, 0.6) is 0 Å². The van der Waals surface area contributed by atoms with Crippen molar-refractivity contribution in [1.29, 1.82) is 0 Å². The fraction of sp³-hybridized carbons (Fsp3) is 0.240. The lowest BCUT2D eigenvalue weighted by Gasteiger charge is -2.17. The van der Waals surface area contributed by atoms with Crippen molar-refractivity contribution in [3.63, 3.8) is 0 Å². The minimum Gasteiger partial charge on any atom is -0.449 e. The molecule has 0 saturated carbocycles. The Bertz CT molecular complexity index is 1120. The summed E-state index contributed by atoms with van der Waals surface area (Å²) in [6, 6.07) is 15.9. The summed E-state index contributed by atoms with van der Waals surface area (Å²) < 4.78 is 4.98. The van der Waals surface area contributed by atoms with E-state index in [0.717, 1.165) is 5.56 Å². The van der Waals surface area contributed by atoms with Gasteiger partial charge in [-0.1, -0.05) is 26.0 Å². The van der Waals surface area contributed by atoms with E-state index in [0.29, 0.717) is 40.0 Å². The van der Waals surface area contributed by atoms with E-state index < -0.39 is 6.09 Å². The number of amides is 3. The molecule has 8 heteroatoms. The van der Waals surface area contributed by atoms with Crippen molar-refractivity contribution in [2.45, 2.75) is 26.7 Å². The number of nitrogens with one attached hydrogen (secondary N) is 2. The van der Waals surface area contributed by atoms with Crippen LogP contribution in [0.2, 0.25) is 0 Å². The van der Waals surface area contributed by atoms with Crippen molar-refractivity contribution in [2.75, 3.05) is 29.2 Å². The molecule has 0 radical (unpaired) electrons. The van der Waals surface area contributed by atoms with Crippen LogP contribution < -0.4 is 15.5 Å². The molecule has 0 atom stereocenters. The van der Waals surface area contributed by atoms with Crippen molar-refractivity contribution < 1.29 is 19.1 Å². The number of thiophene rings is 1. The minimum absolute atomic E-state index is 0.270. The molecule has 0 aliphatic carbocycles. The van der Waals surface area contributed by atoms with E-state index in [9.17, 15) is 14.4 Å². The highest BCUT2D eigenvalue weighted by molar-refractivity contribution is 7.14. The molecular formula is C25H27N3O4S. The molecule has 0 fully saturated rings. The third kappa shape index (κ3) is 5.98. The molecule has 0 spiro atoms. The third-order valence-corrected chi connectivity index (χ3v) is 5.86. The maximum absolute atomic E-state index is 12.8. The lowest BCUT2D eigenvalue weighted by atomic mass is 10.0. The number of carbonyl (C=O) groups excluding carboxylic acids is 3. The number of carbonyl (C=O) groups is 3. The molecule has 3 rings (SSSR count). The van der Waals surface area contributed by atoms with Gasteiger partial charge in [-0.25, -0.2) is 4.79 Å². The van der Waals surface area contributed by atoms with Crippen molar-refractivity contribution in [3.8, 4) is 0 Å². The molecule has 0 unspecified atom stereocenters. The van der Waals surface area contributed by atoms with Crippen LogP contribution in [0.3, 0.4) is 0 Å². The molecule has 2 N–H and O–H groups in total. The largest absolute Gasteiger partial charge is 0.449 e. The zero-order valence-electron chi connectivity index (χ0n) is 19.0. The van der Waals surface area contributed by atoms with Gasteiger partial charge in [0.2, 0.25) is 0 Å². The lowest BCUT2D eigenvalue weighted by Crippen LogP contribution is -2.26. The smallest absolute Gasteiger partial charge is 0.413 e. The van der Waals surface area contributed by atoms with Gasteiger partial charge in [0.05, 0.1) is 12.2 Å². The fourth-order valence-electron chi connectivity index (χ4n) is 3.07. The molecule has 0 bridgehead atoms. The van der Waals surface area contributed by atoms with E-state index >= 15 is 0 Å². The Labute approximate surface area is 197 Å². The van der Waals surface area contributed by atoms with Crippen molar-refractivity contribution in [3.05, 3.63) is 76.7 Å². The molecule has 33 heavy (non-hydrogen) atoms. The summed E-state index contributed by atoms with van der Waals surface area (Å²) in [4.78, 5) is 38.7. The highest BCUT2D eigenvalue weighted by atomic mass is 32.1. The van der Waals surface area contributed by atoms with Gasteiger partial charge in [0.15, 0.2) is 0 Å². The summed E-state index contributed by atoms with van der Waals surface area (Å²) in [5, 5.41) is 7.88. The van der Waals surface area contributed by atoms with Crippen LogP contribution in [0.4, 0.5) is 21.2 Å². The van der Waals surface area contributed by atoms with E-state index in [1.54, 1.807) is 61.8 Å². The molecule has 3 aromatic rings. The molecule has 1 aromatic heterocycles. The van der Waals surface area contributed by atoms with Crippen LogP contribution in [0.1, 0.15) is 53.0 Å². The van der Waals surface area contributed by atoms with E-state index in [2.05, 4.69) is 24.5 Å². The average Bonchev–Trinajstić information content (AvgIpc) is 3.27. The molecule has 0 saturated heterocycles. The normalized spacial score (nSPS) is 10.6. The molecule has 7 nitrogen and oxygen atoms in total. The number of ether oxygens (including phenoxy) is 1. The van der Waals surface area contributed by atoms with Crippen LogP contribution in [0.15, 0.2) is 60.0 Å². The van der Waals surface area contributed by atoms with Gasteiger partial charge in [-0.05, 0) is 66.2 Å². The molecule has 2 aromatic carbocycles. The number of anilines is 3. The molecule has 3 amide bonds. The first-order valence-electron chi connectivity index (χ1n) is 10.6. The van der Waals surface area contributed by atoms with Gasteiger partial charge in [0.1, 0.15) is 5.00 Å². The summed E-state index contributed by atoms with van der Waals surface area (Å²) in [7, 11) is 1.61. The van der Waals surface area contributed by atoms with Gasteiger partial charge in [0.25, 0.3) is 11.8 Å². The molecule has 1 heterocycles. The van der Waals surface area contributed by atoms with Gasteiger partial charge in [-0.2, -0.15) is 0 Å². The van der Waals surface area contributed by atoms with Gasteiger partial charge in [-0.15, -0.1) is 11.3 Å². The number of hydrogen-bond acceptors (Lipinski definition) is 5. The molecular weight excluding hydrogens is 438 g/mol. The van der Waals surface area contributed by atoms with Crippen molar-refractivity contribution in [1.82, 2.24) is 0 Å². The SMILES string of the molecule is CCOC(=O)N(C)c1ccc(NC(=O)c2ccsc2NC(=O)c2ccc(C(C)C)cc2)cc1. The van der Waals surface area contributed by atoms with Crippen LogP contribution in [0, 0.1) is 0 Å². The average molecular weight is 466 g/mol. The Hall–Kier alpha value is -3.65. The van der Waals surface area contributed by atoms with Crippen LogP contribution in [-0.2, 0) is 4.74 Å². The first-order chi connectivity index (χ1) is 15.8. The second kappa shape index (κ2) is 10.8. The number of benzene rings is 2. The number of rotatable bonds is 7. The number of nitrogens with zero attached hydrogens (tertiary/aromatic N) is 1. The summed E-state index contributed by atoms with van der Waals surface area (Å²) >= 11 is 1.28. The quantitative estimate of drug-likeness (QED) is 0.450. The minimum atomic E-state index is -0.452. The van der Waals surface area contributed by atoms with Gasteiger partial charge >= 0.3 is 6.09 Å². The molecule has 0 aliphatic rings. The van der Waals surface area contributed by atoms with Crippen molar-refractivity contribution >= 4 is 45.6 Å². The topological polar surface area (TPSA) is 87.7 Å². The predicted octanol–water partition coefficient (Wildman–Crippen LogP) is 5.97. The standard InChI is InChI=1S/C25H27N3O4S/c1-5-32-25(31)28(4)20-12-10-19(11-13-20)26-23(30)21-14-15-33-24(21)27-22(29)18-8-6-17(7-9-18)16(2)3/h6-16H,5H2,1-4H3,(H,26,30)(H,27,29). The van der Waals surface area contributed by atoms with E-state index in [1.165, 1.54) is 16.2 Å². The molecule has 172 valence electrons. The summed E-state index contributed by atoms with van der Waals surface area (Å²) in [6.07, 6.45) is -0.452. The Kier molecular flexibility index (Phi) is 7.84. The highest BCUT2D eigenvalue weighted by Crippen LogP contribution is 2.26. The van der Waals surface area contributed by atoms with E-state index in [-0.39, 0.29) is 11.8 Å². The van der Waals surface area contributed by atoms with E-state index in [1.807, 2.05) is 12.1 Å². The fourth-order valence-corrected chi connectivity index (χ4v) is 3.85. The Morgan fingerprint density at radius 3 is 2.21 bits per heavy atom. The Balaban J connectivity index is 1.66. The summed E-state index contributed by atoms with van der Waals surface area (Å²) in [5.74, 6) is -0.226. The van der Waals surface area contributed by atoms with Gasteiger partial charge < -0.3 is 15.4 Å². The van der Waals surface area contributed by atoms with E-state index in [4.69, 9.17) is 4.74 Å². The zero-order valence-corrected chi connectivity index (χ0v) is 19.9. The summed E-state index contributed by atoms with van der Waals surface area (Å²) in [6.45, 7) is 6.23. The maximum Gasteiger partial charge on any atom is 0.413 e. The Morgan fingerprint density at radius 1 is 0.939 bits per heavy atom. The zero-order chi connectivity index (χ0) is 24.0. The second-order valence-corrected chi connectivity index (χ2v) is 8.57. The van der Waals surface area contributed by atoms with Gasteiger partial charge in [-0.3, -0.25) is 14.5 Å². The molecule has 0 aliphatic heterocycles. The van der Waals surface area contributed by atoms with Gasteiger partial charge in [0, 0.05) is 24.0 Å². The van der Waals surface area contributed by atoms with Crippen LogP contribution in [0.25, 0.3) is 0 Å². The maximum atomic E-state index is 12.8. The summed E-state index contributed by atoms with van der Waals surface area (Å²) in [5.41, 5.74) is 3.26. The third-order valence-electron chi connectivity index (χ3n) is 5.03. The Morgan fingerprint density at radius 2 is 1.61 bits per heavy atom. The highest BCUT2D eigenvalue weighted by Gasteiger charge is 2.17. The predicted molar refractivity (Wildman–Crippen MR) is 133 cm³/mol. The van der Waals surface area contributed by atoms with Crippen LogP contribution >= 0.6 is 11.3 Å². The lowest BCUT2D eigenvalue weighted by molar-refractivity contribution is 0.102. The van der Waals surface area contributed by atoms with Crippen molar-refractivity contribution in [2.24, 2.45) is 0 Å². The number of hydrogen-bond donors (Lipinski definition) is 2. The first kappa shape index (κ1) is 24.0. The van der Waals surface area contributed by atoms with Crippen LogP contribution in [-0.4, -0.2) is 31.6 Å².